The molecule has 2 amide bonds. The van der Waals surface area contributed by atoms with E-state index in [9.17, 15) is 19.2 Å². The summed E-state index contributed by atoms with van der Waals surface area (Å²) in [5, 5.41) is 5.80. The summed E-state index contributed by atoms with van der Waals surface area (Å²) in [6.45, 7) is 0. The van der Waals surface area contributed by atoms with E-state index < -0.39 is 17.4 Å². The molecule has 2 aliphatic carbocycles. The summed E-state index contributed by atoms with van der Waals surface area (Å²) in [7, 11) is 2.47. The largest absolute Gasteiger partial charge is 0.465 e. The van der Waals surface area contributed by atoms with Crippen LogP contribution in [0.4, 0.5) is 5.69 Å². The molecule has 2 fully saturated rings. The molecule has 0 radical (unpaired) electrons. The van der Waals surface area contributed by atoms with E-state index in [2.05, 4.69) is 10.6 Å². The van der Waals surface area contributed by atoms with E-state index in [1.165, 1.54) is 32.4 Å². The fourth-order valence-electron chi connectivity index (χ4n) is 3.96. The molecule has 0 aromatic heterocycles. The summed E-state index contributed by atoms with van der Waals surface area (Å²) in [6, 6.07) is 4.50. The lowest BCUT2D eigenvalue weighted by atomic mass is 9.70. The van der Waals surface area contributed by atoms with Gasteiger partial charge in [0.15, 0.2) is 0 Å². The zero-order chi connectivity index (χ0) is 21.7. The molecule has 8 heteroatoms. The number of hydrogen-bond donors (Lipinski definition) is 2. The highest BCUT2D eigenvalue weighted by atomic mass is 16.5. The lowest BCUT2D eigenvalue weighted by Gasteiger charge is -2.35. The van der Waals surface area contributed by atoms with Gasteiger partial charge in [0.05, 0.1) is 30.8 Å². The summed E-state index contributed by atoms with van der Waals surface area (Å²) in [5.41, 5.74) is -0.264. The van der Waals surface area contributed by atoms with Crippen molar-refractivity contribution in [2.45, 2.75) is 57.4 Å². The molecule has 1 aromatic carbocycles. The fourth-order valence-corrected chi connectivity index (χ4v) is 3.96. The first-order valence-corrected chi connectivity index (χ1v) is 10.3. The highest BCUT2D eigenvalue weighted by Gasteiger charge is 2.42. The Balaban J connectivity index is 1.84. The van der Waals surface area contributed by atoms with Crippen LogP contribution < -0.4 is 10.6 Å². The number of rotatable bonds is 7. The topological polar surface area (TPSA) is 111 Å². The van der Waals surface area contributed by atoms with Crippen LogP contribution >= 0.6 is 0 Å². The van der Waals surface area contributed by atoms with Gasteiger partial charge >= 0.3 is 11.9 Å². The zero-order valence-electron chi connectivity index (χ0n) is 17.4. The summed E-state index contributed by atoms with van der Waals surface area (Å²) in [6.07, 6.45) is 6.14. The summed E-state index contributed by atoms with van der Waals surface area (Å²) in [4.78, 5) is 49.8. The highest BCUT2D eigenvalue weighted by molar-refractivity contribution is 6.02. The summed E-state index contributed by atoms with van der Waals surface area (Å²) < 4.78 is 9.48. The van der Waals surface area contributed by atoms with Gasteiger partial charge in [0.2, 0.25) is 11.8 Å². The van der Waals surface area contributed by atoms with E-state index in [0.29, 0.717) is 12.8 Å². The molecular formula is C22H28N2O6. The van der Waals surface area contributed by atoms with E-state index in [-0.39, 0.29) is 41.1 Å². The first-order valence-electron chi connectivity index (χ1n) is 10.3. The van der Waals surface area contributed by atoms with Gasteiger partial charge in [-0.05, 0) is 43.9 Å². The molecular weight excluding hydrogens is 388 g/mol. The van der Waals surface area contributed by atoms with Gasteiger partial charge in [0.25, 0.3) is 0 Å². The van der Waals surface area contributed by atoms with Crippen molar-refractivity contribution in [2.24, 2.45) is 5.41 Å². The number of amides is 2. The predicted octanol–water partition coefficient (Wildman–Crippen LogP) is 2.82. The van der Waals surface area contributed by atoms with Crippen molar-refractivity contribution in [1.29, 1.82) is 0 Å². The van der Waals surface area contributed by atoms with Crippen molar-refractivity contribution in [2.75, 3.05) is 19.5 Å². The molecule has 1 aromatic rings. The Morgan fingerprint density at radius 2 is 1.50 bits per heavy atom. The minimum Gasteiger partial charge on any atom is -0.465 e. The Morgan fingerprint density at radius 3 is 2.00 bits per heavy atom. The summed E-state index contributed by atoms with van der Waals surface area (Å²) in [5.74, 6) is -1.64. The van der Waals surface area contributed by atoms with Crippen LogP contribution in [0.3, 0.4) is 0 Å². The number of nitrogens with one attached hydrogen (secondary N) is 2. The maximum Gasteiger partial charge on any atom is 0.337 e. The minimum absolute atomic E-state index is 0.104. The molecule has 162 valence electrons. The number of hydrogen-bond acceptors (Lipinski definition) is 6. The summed E-state index contributed by atoms with van der Waals surface area (Å²) >= 11 is 0. The van der Waals surface area contributed by atoms with Crippen molar-refractivity contribution < 1.29 is 28.7 Å². The van der Waals surface area contributed by atoms with Crippen molar-refractivity contribution in [1.82, 2.24) is 5.32 Å². The number of methoxy groups -OCH3 is 2. The van der Waals surface area contributed by atoms with Crippen molar-refractivity contribution in [3.8, 4) is 0 Å². The monoisotopic (exact) mass is 416 g/mol. The van der Waals surface area contributed by atoms with Crippen LogP contribution in [0.15, 0.2) is 18.2 Å². The van der Waals surface area contributed by atoms with E-state index in [0.717, 1.165) is 32.1 Å². The second-order valence-corrected chi connectivity index (χ2v) is 8.10. The van der Waals surface area contributed by atoms with Gasteiger partial charge in [-0.3, -0.25) is 9.59 Å². The van der Waals surface area contributed by atoms with Crippen molar-refractivity contribution in [3.63, 3.8) is 0 Å². The third-order valence-corrected chi connectivity index (χ3v) is 5.77. The van der Waals surface area contributed by atoms with Gasteiger partial charge in [-0.25, -0.2) is 9.59 Å². The SMILES string of the molecule is COC(=O)c1cc(NC(=O)C2(CC(=O)NC3CC3)CCCCC2)cc(C(=O)OC)c1. The van der Waals surface area contributed by atoms with Crippen LogP contribution in [-0.4, -0.2) is 44.0 Å². The van der Waals surface area contributed by atoms with Crippen LogP contribution in [0.25, 0.3) is 0 Å². The Bertz CT molecular complexity index is 806. The number of anilines is 1. The Labute approximate surface area is 175 Å². The average Bonchev–Trinajstić information content (AvgIpc) is 3.56. The first-order chi connectivity index (χ1) is 14.4. The second kappa shape index (κ2) is 9.28. The Hall–Kier alpha value is -2.90. The quantitative estimate of drug-likeness (QED) is 0.661. The Kier molecular flexibility index (Phi) is 6.74. The molecule has 0 atom stereocenters. The van der Waals surface area contributed by atoms with Gasteiger partial charge < -0.3 is 20.1 Å². The third-order valence-electron chi connectivity index (χ3n) is 5.77. The standard InChI is InChI=1S/C22H28N2O6/c1-29-19(26)14-10-15(20(27)30-2)12-17(11-14)24-21(28)22(8-4-3-5-9-22)13-18(25)23-16-6-7-16/h10-12,16H,3-9,13H2,1-2H3,(H,23,25)(H,24,28). The van der Waals surface area contributed by atoms with Gasteiger partial charge in [0.1, 0.15) is 0 Å². The third kappa shape index (κ3) is 5.17. The molecule has 2 aliphatic rings. The molecule has 0 bridgehead atoms. The normalized spacial score (nSPS) is 17.5. The maximum absolute atomic E-state index is 13.3. The van der Waals surface area contributed by atoms with Gasteiger partial charge in [0, 0.05) is 18.2 Å². The lowest BCUT2D eigenvalue weighted by molar-refractivity contribution is -0.134. The van der Waals surface area contributed by atoms with E-state index in [4.69, 9.17) is 9.47 Å². The minimum atomic E-state index is -0.802. The second-order valence-electron chi connectivity index (χ2n) is 8.10. The predicted molar refractivity (Wildman–Crippen MR) is 109 cm³/mol. The maximum atomic E-state index is 13.3. The molecule has 0 aliphatic heterocycles. The molecule has 3 rings (SSSR count). The number of benzene rings is 1. The number of esters is 2. The van der Waals surface area contributed by atoms with Crippen molar-refractivity contribution in [3.05, 3.63) is 29.3 Å². The molecule has 0 spiro atoms. The van der Waals surface area contributed by atoms with Gasteiger partial charge in [-0.15, -0.1) is 0 Å². The smallest absolute Gasteiger partial charge is 0.337 e. The zero-order valence-corrected chi connectivity index (χ0v) is 17.4. The van der Waals surface area contributed by atoms with Crippen LogP contribution in [0.2, 0.25) is 0 Å². The van der Waals surface area contributed by atoms with Crippen LogP contribution in [0, 0.1) is 5.41 Å². The highest BCUT2D eigenvalue weighted by Crippen LogP contribution is 2.41. The lowest BCUT2D eigenvalue weighted by Crippen LogP contribution is -2.42. The van der Waals surface area contributed by atoms with Gasteiger partial charge in [-0.1, -0.05) is 19.3 Å². The number of ether oxygens (including phenoxy) is 2. The Morgan fingerprint density at radius 1 is 0.933 bits per heavy atom. The fraction of sp³-hybridized carbons (Fsp3) is 0.545. The van der Waals surface area contributed by atoms with Crippen molar-refractivity contribution >= 4 is 29.4 Å². The molecule has 2 saturated carbocycles. The van der Waals surface area contributed by atoms with Crippen LogP contribution in [0.5, 0.6) is 0 Å². The van der Waals surface area contributed by atoms with Crippen LogP contribution in [-0.2, 0) is 19.1 Å². The molecule has 0 saturated heterocycles. The number of carbonyl (C=O) groups is 4. The molecule has 2 N–H and O–H groups in total. The van der Waals surface area contributed by atoms with Crippen LogP contribution in [0.1, 0.15) is 72.1 Å². The molecule has 0 heterocycles. The molecule has 8 nitrogen and oxygen atoms in total. The van der Waals surface area contributed by atoms with Gasteiger partial charge in [-0.2, -0.15) is 0 Å². The number of carbonyl (C=O) groups excluding carboxylic acids is 4. The molecule has 0 unspecified atom stereocenters. The first kappa shape index (κ1) is 21.8. The average molecular weight is 416 g/mol. The van der Waals surface area contributed by atoms with E-state index >= 15 is 0 Å². The van der Waals surface area contributed by atoms with E-state index in [1.807, 2.05) is 0 Å². The van der Waals surface area contributed by atoms with E-state index in [1.54, 1.807) is 0 Å². The molecule has 30 heavy (non-hydrogen) atoms.